The molecule has 0 unspecified atom stereocenters. The SMILES string of the molecule is O=S(=O)(NCc1ccc(C(F)(F)F)cc1)c1cc(F)ccc1F. The van der Waals surface area contributed by atoms with Gasteiger partial charge in [-0.05, 0) is 35.9 Å². The van der Waals surface area contributed by atoms with Gasteiger partial charge in [0.25, 0.3) is 0 Å². The zero-order valence-corrected chi connectivity index (χ0v) is 12.2. The van der Waals surface area contributed by atoms with Crippen LogP contribution in [-0.4, -0.2) is 8.42 Å². The maximum atomic E-state index is 13.5. The van der Waals surface area contributed by atoms with Crippen LogP contribution in [0.3, 0.4) is 0 Å². The standard InChI is InChI=1S/C14H10F5NO2S/c15-11-5-6-12(16)13(7-11)23(21,22)20-8-9-1-3-10(4-2-9)14(17,18)19/h1-7,20H,8H2. The molecule has 0 aliphatic rings. The average molecular weight is 351 g/mol. The van der Waals surface area contributed by atoms with Gasteiger partial charge in [-0.1, -0.05) is 12.1 Å². The second kappa shape index (κ2) is 6.25. The minimum atomic E-state index is -4.50. The molecule has 0 amide bonds. The molecule has 0 atom stereocenters. The number of alkyl halides is 3. The third-order valence-electron chi connectivity index (χ3n) is 2.93. The summed E-state index contributed by atoms with van der Waals surface area (Å²) in [5, 5.41) is 0. The lowest BCUT2D eigenvalue weighted by atomic mass is 10.1. The highest BCUT2D eigenvalue weighted by Crippen LogP contribution is 2.29. The predicted molar refractivity (Wildman–Crippen MR) is 71.8 cm³/mol. The highest BCUT2D eigenvalue weighted by atomic mass is 32.2. The molecule has 0 saturated heterocycles. The lowest BCUT2D eigenvalue weighted by molar-refractivity contribution is -0.137. The molecule has 3 nitrogen and oxygen atoms in total. The van der Waals surface area contributed by atoms with Crippen LogP contribution in [0, 0.1) is 11.6 Å². The van der Waals surface area contributed by atoms with E-state index < -0.39 is 38.3 Å². The first-order valence-corrected chi connectivity index (χ1v) is 7.69. The molecule has 0 radical (unpaired) electrons. The quantitative estimate of drug-likeness (QED) is 0.858. The van der Waals surface area contributed by atoms with Crippen molar-refractivity contribution in [2.24, 2.45) is 0 Å². The summed E-state index contributed by atoms with van der Waals surface area (Å²) in [6.07, 6.45) is -4.50. The molecule has 2 aromatic carbocycles. The van der Waals surface area contributed by atoms with E-state index in [9.17, 15) is 30.4 Å². The Morgan fingerprint density at radius 1 is 0.957 bits per heavy atom. The zero-order valence-electron chi connectivity index (χ0n) is 11.4. The van der Waals surface area contributed by atoms with Gasteiger partial charge in [-0.3, -0.25) is 0 Å². The molecule has 0 spiro atoms. The Morgan fingerprint density at radius 3 is 2.13 bits per heavy atom. The number of halogens is 5. The monoisotopic (exact) mass is 351 g/mol. The summed E-state index contributed by atoms with van der Waals surface area (Å²) < 4.78 is 89.5. The van der Waals surface area contributed by atoms with Crippen molar-refractivity contribution in [3.8, 4) is 0 Å². The van der Waals surface area contributed by atoms with E-state index in [0.29, 0.717) is 12.1 Å². The number of hydrogen-bond acceptors (Lipinski definition) is 2. The van der Waals surface area contributed by atoms with Crippen LogP contribution in [0.15, 0.2) is 47.4 Å². The van der Waals surface area contributed by atoms with Crippen LogP contribution in [0.5, 0.6) is 0 Å². The van der Waals surface area contributed by atoms with Crippen molar-refractivity contribution >= 4 is 10.0 Å². The van der Waals surface area contributed by atoms with Crippen LogP contribution in [-0.2, 0) is 22.7 Å². The van der Waals surface area contributed by atoms with Crippen molar-refractivity contribution < 1.29 is 30.4 Å². The highest BCUT2D eigenvalue weighted by molar-refractivity contribution is 7.89. The van der Waals surface area contributed by atoms with E-state index in [4.69, 9.17) is 0 Å². The number of sulfonamides is 1. The number of benzene rings is 2. The Labute approximate surface area is 128 Å². The molecule has 0 aliphatic carbocycles. The zero-order chi connectivity index (χ0) is 17.3. The molecule has 0 bridgehead atoms. The van der Waals surface area contributed by atoms with Crippen LogP contribution in [0.4, 0.5) is 22.0 Å². The lowest BCUT2D eigenvalue weighted by Crippen LogP contribution is -2.24. The molecular formula is C14H10F5NO2S. The molecule has 124 valence electrons. The van der Waals surface area contributed by atoms with Gasteiger partial charge >= 0.3 is 6.18 Å². The lowest BCUT2D eigenvalue weighted by Gasteiger charge is -2.10. The van der Waals surface area contributed by atoms with Crippen molar-refractivity contribution in [3.05, 3.63) is 65.2 Å². The van der Waals surface area contributed by atoms with Crippen molar-refractivity contribution in [3.63, 3.8) is 0 Å². The molecule has 0 heterocycles. The Balaban J connectivity index is 2.15. The second-order valence-electron chi connectivity index (χ2n) is 4.59. The van der Waals surface area contributed by atoms with Crippen LogP contribution < -0.4 is 4.72 Å². The van der Waals surface area contributed by atoms with Crippen molar-refractivity contribution in [1.82, 2.24) is 4.72 Å². The van der Waals surface area contributed by atoms with Crippen molar-refractivity contribution in [2.45, 2.75) is 17.6 Å². The number of nitrogens with one attached hydrogen (secondary N) is 1. The fourth-order valence-corrected chi connectivity index (χ4v) is 2.86. The van der Waals surface area contributed by atoms with E-state index in [-0.39, 0.29) is 12.1 Å². The van der Waals surface area contributed by atoms with Gasteiger partial charge in [-0.25, -0.2) is 21.9 Å². The van der Waals surface area contributed by atoms with Crippen LogP contribution >= 0.6 is 0 Å². The first-order chi connectivity index (χ1) is 10.6. The van der Waals surface area contributed by atoms with E-state index in [1.807, 2.05) is 4.72 Å². The Kier molecular flexibility index (Phi) is 4.71. The molecule has 0 fully saturated rings. The topological polar surface area (TPSA) is 46.2 Å². The minimum Gasteiger partial charge on any atom is -0.207 e. The van der Waals surface area contributed by atoms with Gasteiger partial charge in [-0.15, -0.1) is 0 Å². The summed E-state index contributed by atoms with van der Waals surface area (Å²) in [5.74, 6) is -2.06. The first kappa shape index (κ1) is 17.4. The number of rotatable bonds is 4. The normalized spacial score (nSPS) is 12.4. The number of hydrogen-bond donors (Lipinski definition) is 1. The Hall–Kier alpha value is -2.00. The molecular weight excluding hydrogens is 341 g/mol. The molecule has 2 aromatic rings. The minimum absolute atomic E-state index is 0.235. The van der Waals surface area contributed by atoms with E-state index in [1.165, 1.54) is 0 Å². The van der Waals surface area contributed by atoms with Gasteiger partial charge < -0.3 is 0 Å². The van der Waals surface area contributed by atoms with Crippen molar-refractivity contribution in [1.29, 1.82) is 0 Å². The molecule has 1 N–H and O–H groups in total. The van der Waals surface area contributed by atoms with Crippen LogP contribution in [0.25, 0.3) is 0 Å². The van der Waals surface area contributed by atoms with E-state index in [2.05, 4.69) is 0 Å². The molecule has 2 rings (SSSR count). The molecule has 0 saturated carbocycles. The summed E-state index contributed by atoms with van der Waals surface area (Å²) >= 11 is 0. The summed E-state index contributed by atoms with van der Waals surface area (Å²) in [6.45, 7) is -0.365. The van der Waals surface area contributed by atoms with Crippen LogP contribution in [0.2, 0.25) is 0 Å². The van der Waals surface area contributed by atoms with Gasteiger partial charge in [0.05, 0.1) is 5.56 Å². The summed E-state index contributed by atoms with van der Waals surface area (Å²) in [6, 6.07) is 5.73. The van der Waals surface area contributed by atoms with Gasteiger partial charge in [0.15, 0.2) is 0 Å². The molecule has 9 heteroatoms. The third kappa shape index (κ3) is 4.26. The van der Waals surface area contributed by atoms with Crippen molar-refractivity contribution in [2.75, 3.05) is 0 Å². The maximum Gasteiger partial charge on any atom is 0.416 e. The summed E-state index contributed by atoms with van der Waals surface area (Å²) in [5.41, 5.74) is -0.640. The average Bonchev–Trinajstić information content (AvgIpc) is 2.47. The van der Waals surface area contributed by atoms with Gasteiger partial charge in [0.2, 0.25) is 10.0 Å². The second-order valence-corrected chi connectivity index (χ2v) is 6.33. The maximum absolute atomic E-state index is 13.5. The van der Waals surface area contributed by atoms with E-state index in [0.717, 1.165) is 30.3 Å². The predicted octanol–water partition coefficient (Wildman–Crippen LogP) is 3.46. The van der Waals surface area contributed by atoms with E-state index >= 15 is 0 Å². The summed E-state index contributed by atoms with van der Waals surface area (Å²) in [7, 11) is -4.34. The largest absolute Gasteiger partial charge is 0.416 e. The smallest absolute Gasteiger partial charge is 0.207 e. The van der Waals surface area contributed by atoms with E-state index in [1.54, 1.807) is 0 Å². The van der Waals surface area contributed by atoms with Gasteiger partial charge in [0, 0.05) is 6.54 Å². The first-order valence-electron chi connectivity index (χ1n) is 6.20. The third-order valence-corrected chi connectivity index (χ3v) is 4.35. The fraction of sp³-hybridized carbons (Fsp3) is 0.143. The Bertz CT molecular complexity index is 801. The Morgan fingerprint density at radius 2 is 1.57 bits per heavy atom. The fourth-order valence-electron chi connectivity index (χ4n) is 1.75. The molecule has 0 aromatic heterocycles. The molecule has 23 heavy (non-hydrogen) atoms. The summed E-state index contributed by atoms with van der Waals surface area (Å²) in [4.78, 5) is -0.871. The van der Waals surface area contributed by atoms with Crippen LogP contribution in [0.1, 0.15) is 11.1 Å². The van der Waals surface area contributed by atoms with Gasteiger partial charge in [-0.2, -0.15) is 13.2 Å². The molecule has 0 aliphatic heterocycles. The van der Waals surface area contributed by atoms with Gasteiger partial charge in [0.1, 0.15) is 16.5 Å². The highest BCUT2D eigenvalue weighted by Gasteiger charge is 2.30.